The summed E-state index contributed by atoms with van der Waals surface area (Å²) in [5.41, 5.74) is 2.89. The fraction of sp³-hybridized carbons (Fsp3) is 0.560. The van der Waals surface area contributed by atoms with Gasteiger partial charge in [0.25, 0.3) is 0 Å². The molecule has 182 valence electrons. The largest absolute Gasteiger partial charge is 0.494 e. The summed E-state index contributed by atoms with van der Waals surface area (Å²) in [6, 6.07) is 9.61. The number of rotatable bonds is 4. The highest BCUT2D eigenvalue weighted by molar-refractivity contribution is 5.51. The third kappa shape index (κ3) is 7.38. The maximum absolute atomic E-state index is 10.9. The topological polar surface area (TPSA) is 116 Å². The second-order valence-corrected chi connectivity index (χ2v) is 8.59. The zero-order valence-electron chi connectivity index (χ0n) is 19.2. The maximum Gasteiger partial charge on any atom is 0.121 e. The summed E-state index contributed by atoms with van der Waals surface area (Å²) < 4.78 is 11.7. The van der Waals surface area contributed by atoms with Gasteiger partial charge in [0, 0.05) is 43.8 Å². The van der Waals surface area contributed by atoms with Crippen molar-refractivity contribution in [2.45, 2.75) is 63.6 Å². The smallest absolute Gasteiger partial charge is 0.121 e. The van der Waals surface area contributed by atoms with E-state index in [0.29, 0.717) is 19.8 Å². The monoisotopic (exact) mass is 460 g/mol. The van der Waals surface area contributed by atoms with E-state index in [1.807, 2.05) is 42.2 Å². The first-order chi connectivity index (χ1) is 16.0. The van der Waals surface area contributed by atoms with Crippen LogP contribution >= 0.6 is 0 Å². The molecular formula is C25H36N2O6. The Morgan fingerprint density at radius 3 is 2.67 bits per heavy atom. The number of aromatic nitrogens is 1. The van der Waals surface area contributed by atoms with Gasteiger partial charge in [0.2, 0.25) is 0 Å². The minimum atomic E-state index is -1.37. The Morgan fingerprint density at radius 2 is 1.91 bits per heavy atom. The Hall–Kier alpha value is -2.23. The normalized spacial score (nSPS) is 24.2. The highest BCUT2D eigenvalue weighted by atomic mass is 16.5. The molecule has 0 unspecified atom stereocenters. The summed E-state index contributed by atoms with van der Waals surface area (Å²) in [5, 5.41) is 41.5. The summed E-state index contributed by atoms with van der Waals surface area (Å²) in [6.07, 6.45) is 2.09. The van der Waals surface area contributed by atoms with E-state index < -0.39 is 31.0 Å². The average Bonchev–Trinajstić information content (AvgIpc) is 2.82. The Balaban J connectivity index is 1.90. The zero-order chi connectivity index (χ0) is 23.6. The number of aliphatic hydroxyl groups excluding tert-OH is 4. The van der Waals surface area contributed by atoms with Crippen molar-refractivity contribution in [1.29, 1.82) is 0 Å². The van der Waals surface area contributed by atoms with Crippen molar-refractivity contribution in [2.75, 3.05) is 31.3 Å². The number of aliphatic hydroxyl groups is 4. The number of pyridine rings is 1. The average molecular weight is 461 g/mol. The fourth-order valence-electron chi connectivity index (χ4n) is 3.98. The summed E-state index contributed by atoms with van der Waals surface area (Å²) in [4.78, 5) is 6.11. The van der Waals surface area contributed by atoms with Crippen molar-refractivity contribution in [3.63, 3.8) is 0 Å². The second kappa shape index (κ2) is 12.9. The number of β-amino-alcohol motifs (C(OH)–C–C–N with tert-alkyl or cyclic N) is 1. The lowest BCUT2D eigenvalue weighted by Crippen LogP contribution is -2.51. The van der Waals surface area contributed by atoms with E-state index in [0.717, 1.165) is 48.2 Å². The Kier molecular flexibility index (Phi) is 9.90. The molecule has 0 saturated carbocycles. The number of benzene rings is 1. The van der Waals surface area contributed by atoms with Crippen LogP contribution in [0.15, 0.2) is 42.7 Å². The van der Waals surface area contributed by atoms with Crippen LogP contribution in [0.25, 0.3) is 0 Å². The van der Waals surface area contributed by atoms with Crippen molar-refractivity contribution in [3.05, 3.63) is 53.9 Å². The molecule has 3 rings (SSSR count). The van der Waals surface area contributed by atoms with Crippen molar-refractivity contribution < 1.29 is 29.9 Å². The predicted molar refractivity (Wildman–Crippen MR) is 125 cm³/mol. The number of ether oxygens (including phenoxy) is 2. The first-order valence-electron chi connectivity index (χ1n) is 11.6. The van der Waals surface area contributed by atoms with Gasteiger partial charge in [0.05, 0.1) is 19.3 Å². The van der Waals surface area contributed by atoms with Crippen LogP contribution in [0.5, 0.6) is 5.75 Å². The van der Waals surface area contributed by atoms with Crippen LogP contribution in [-0.4, -0.2) is 76.2 Å². The molecule has 2 bridgehead atoms. The standard InChI is InChI=1S/C25H36N2O6/c1-18-14-26-10-9-19(18)15-27-16-22(29)24(31)25(23(30)17-28)33-12-5-3-2-4-11-32-21-8-6-7-20(27)13-21/h6-10,13-14,22-25,28-31H,2-5,11-12,15-17H2,1H3/t22-,23-,24-,25-/m1/s1. The Bertz CT molecular complexity index is 851. The molecule has 0 radical (unpaired) electrons. The van der Waals surface area contributed by atoms with Crippen LogP contribution in [0.1, 0.15) is 36.8 Å². The Morgan fingerprint density at radius 1 is 1.12 bits per heavy atom. The lowest BCUT2D eigenvalue weighted by atomic mass is 10.0. The minimum absolute atomic E-state index is 0.0877. The predicted octanol–water partition coefficient (Wildman–Crippen LogP) is 1.81. The fourth-order valence-corrected chi connectivity index (χ4v) is 3.98. The summed E-state index contributed by atoms with van der Waals surface area (Å²) >= 11 is 0. The van der Waals surface area contributed by atoms with Crippen LogP contribution in [0.4, 0.5) is 5.69 Å². The van der Waals surface area contributed by atoms with Gasteiger partial charge in [-0.15, -0.1) is 0 Å². The van der Waals surface area contributed by atoms with Crippen molar-refractivity contribution in [3.8, 4) is 5.75 Å². The van der Waals surface area contributed by atoms with Crippen molar-refractivity contribution in [1.82, 2.24) is 4.98 Å². The molecule has 33 heavy (non-hydrogen) atoms. The molecule has 1 aliphatic heterocycles. The van der Waals surface area contributed by atoms with Gasteiger partial charge < -0.3 is 34.8 Å². The molecular weight excluding hydrogens is 424 g/mol. The lowest BCUT2D eigenvalue weighted by Gasteiger charge is -2.34. The lowest BCUT2D eigenvalue weighted by molar-refractivity contribution is -0.141. The van der Waals surface area contributed by atoms with E-state index in [1.54, 1.807) is 12.4 Å². The third-order valence-corrected chi connectivity index (χ3v) is 6.00. The van der Waals surface area contributed by atoms with Crippen LogP contribution in [0.2, 0.25) is 0 Å². The van der Waals surface area contributed by atoms with Gasteiger partial charge in [-0.3, -0.25) is 4.98 Å². The quantitative estimate of drug-likeness (QED) is 0.546. The first-order valence-corrected chi connectivity index (χ1v) is 11.6. The van der Waals surface area contributed by atoms with Crippen LogP contribution in [0, 0.1) is 6.92 Å². The van der Waals surface area contributed by atoms with Gasteiger partial charge in [0.15, 0.2) is 0 Å². The van der Waals surface area contributed by atoms with Crippen molar-refractivity contribution in [2.24, 2.45) is 0 Å². The number of fused-ring (bicyclic) bond motifs is 2. The second-order valence-electron chi connectivity index (χ2n) is 8.59. The van der Waals surface area contributed by atoms with Crippen LogP contribution in [0.3, 0.4) is 0 Å². The molecule has 2 heterocycles. The summed E-state index contributed by atoms with van der Waals surface area (Å²) in [7, 11) is 0. The molecule has 8 heteroatoms. The molecule has 0 fully saturated rings. The van der Waals surface area contributed by atoms with Crippen LogP contribution in [-0.2, 0) is 11.3 Å². The Labute approximate surface area is 195 Å². The maximum atomic E-state index is 10.9. The van der Waals surface area contributed by atoms with Crippen LogP contribution < -0.4 is 9.64 Å². The molecule has 0 aliphatic carbocycles. The molecule has 0 spiro atoms. The number of nitrogens with zero attached hydrogens (tertiary/aromatic N) is 2. The molecule has 0 saturated heterocycles. The van der Waals surface area contributed by atoms with E-state index in [-0.39, 0.29) is 6.54 Å². The van der Waals surface area contributed by atoms with Gasteiger partial charge in [-0.1, -0.05) is 12.5 Å². The summed E-state index contributed by atoms with van der Waals surface area (Å²) in [6.45, 7) is 2.92. The molecule has 1 aromatic carbocycles. The number of hydrogen-bond acceptors (Lipinski definition) is 8. The van der Waals surface area contributed by atoms with Gasteiger partial charge in [-0.25, -0.2) is 0 Å². The number of aryl methyl sites for hydroxylation is 1. The van der Waals surface area contributed by atoms with E-state index in [9.17, 15) is 20.4 Å². The molecule has 1 aromatic heterocycles. The highest BCUT2D eigenvalue weighted by Gasteiger charge is 2.33. The minimum Gasteiger partial charge on any atom is -0.494 e. The van der Waals surface area contributed by atoms with Gasteiger partial charge in [0.1, 0.15) is 24.1 Å². The SMILES string of the molecule is Cc1cnccc1CN1C[C@@H](O)[C@@H](O)[C@@H]([C@H](O)CO)OCCCCCCOc2cccc1c2. The zero-order valence-corrected chi connectivity index (χ0v) is 19.2. The molecule has 8 nitrogen and oxygen atoms in total. The van der Waals surface area contributed by atoms with Gasteiger partial charge >= 0.3 is 0 Å². The highest BCUT2D eigenvalue weighted by Crippen LogP contribution is 2.25. The number of anilines is 1. The number of hydrogen-bond donors (Lipinski definition) is 4. The van der Waals surface area contributed by atoms with Gasteiger partial charge in [-0.05, 0) is 55.5 Å². The molecule has 4 atom stereocenters. The van der Waals surface area contributed by atoms with E-state index in [4.69, 9.17) is 9.47 Å². The van der Waals surface area contributed by atoms with E-state index in [1.165, 1.54) is 0 Å². The molecule has 0 amide bonds. The van der Waals surface area contributed by atoms with E-state index in [2.05, 4.69) is 4.98 Å². The first kappa shape index (κ1) is 25.4. The van der Waals surface area contributed by atoms with Crippen molar-refractivity contribution >= 4 is 5.69 Å². The van der Waals surface area contributed by atoms with Gasteiger partial charge in [-0.2, -0.15) is 0 Å². The molecule has 4 N–H and O–H groups in total. The molecule has 1 aliphatic rings. The molecule has 2 aromatic rings. The van der Waals surface area contributed by atoms with E-state index >= 15 is 0 Å². The third-order valence-electron chi connectivity index (χ3n) is 6.00. The summed E-state index contributed by atoms with van der Waals surface area (Å²) in [5.74, 6) is 0.753.